The summed E-state index contributed by atoms with van der Waals surface area (Å²) in [7, 11) is 1.92. The van der Waals surface area contributed by atoms with Gasteiger partial charge in [0.2, 0.25) is 0 Å². The fourth-order valence-electron chi connectivity index (χ4n) is 4.31. The van der Waals surface area contributed by atoms with Crippen LogP contribution in [0.25, 0.3) is 0 Å². The van der Waals surface area contributed by atoms with E-state index in [1.807, 2.05) is 7.05 Å². The van der Waals surface area contributed by atoms with Crippen molar-refractivity contribution in [1.82, 2.24) is 15.1 Å². The summed E-state index contributed by atoms with van der Waals surface area (Å²) in [6, 6.07) is 10.9. The van der Waals surface area contributed by atoms with Crippen LogP contribution in [0.15, 0.2) is 35.3 Å². The lowest BCUT2D eigenvalue weighted by Gasteiger charge is -2.33. The maximum Gasteiger partial charge on any atom is 0.193 e. The molecule has 0 radical (unpaired) electrons. The summed E-state index contributed by atoms with van der Waals surface area (Å²) in [6.07, 6.45) is 5.13. The van der Waals surface area contributed by atoms with Crippen LogP contribution in [-0.2, 0) is 6.42 Å². The Kier molecular flexibility index (Phi) is 6.74. The number of aliphatic imine (C=N–C) groups is 1. The number of nitrogens with one attached hydrogen (secondary N) is 1. The van der Waals surface area contributed by atoms with Crippen LogP contribution >= 0.6 is 0 Å². The molecule has 2 aliphatic heterocycles. The van der Waals surface area contributed by atoms with Crippen molar-refractivity contribution in [3.05, 3.63) is 35.9 Å². The second-order valence-electron chi connectivity index (χ2n) is 7.62. The highest BCUT2D eigenvalue weighted by Crippen LogP contribution is 2.21. The molecule has 1 aromatic rings. The van der Waals surface area contributed by atoms with E-state index in [0.29, 0.717) is 0 Å². The molecule has 4 nitrogen and oxygen atoms in total. The minimum Gasteiger partial charge on any atom is -0.356 e. The van der Waals surface area contributed by atoms with Gasteiger partial charge in [0.1, 0.15) is 0 Å². The van der Waals surface area contributed by atoms with Gasteiger partial charge in [0, 0.05) is 33.2 Å². The van der Waals surface area contributed by atoms with Gasteiger partial charge in [-0.3, -0.25) is 4.99 Å². The lowest BCUT2D eigenvalue weighted by Crippen LogP contribution is -2.45. The van der Waals surface area contributed by atoms with Crippen molar-refractivity contribution in [3.63, 3.8) is 0 Å². The Morgan fingerprint density at radius 2 is 1.96 bits per heavy atom. The summed E-state index contributed by atoms with van der Waals surface area (Å²) >= 11 is 0. The lowest BCUT2D eigenvalue weighted by molar-refractivity contribution is 0.183. The van der Waals surface area contributed by atoms with Crippen molar-refractivity contribution in [2.45, 2.75) is 32.6 Å². The number of hydrogen-bond acceptors (Lipinski definition) is 2. The van der Waals surface area contributed by atoms with Crippen LogP contribution in [0, 0.1) is 11.8 Å². The summed E-state index contributed by atoms with van der Waals surface area (Å²) in [5.41, 5.74) is 1.46. The molecule has 2 aliphatic rings. The van der Waals surface area contributed by atoms with E-state index in [1.165, 1.54) is 50.9 Å². The zero-order chi connectivity index (χ0) is 17.5. The number of likely N-dealkylation sites (tertiary alicyclic amines) is 2. The third-order valence-electron chi connectivity index (χ3n) is 5.76. The van der Waals surface area contributed by atoms with Gasteiger partial charge < -0.3 is 15.1 Å². The van der Waals surface area contributed by atoms with Crippen LogP contribution < -0.4 is 5.32 Å². The van der Waals surface area contributed by atoms with E-state index in [4.69, 9.17) is 0 Å². The Balaban J connectivity index is 1.45. The minimum absolute atomic E-state index is 0.742. The quantitative estimate of drug-likeness (QED) is 0.659. The van der Waals surface area contributed by atoms with Crippen LogP contribution in [0.3, 0.4) is 0 Å². The summed E-state index contributed by atoms with van der Waals surface area (Å²) < 4.78 is 0. The molecule has 3 rings (SSSR count). The number of rotatable bonds is 5. The van der Waals surface area contributed by atoms with Gasteiger partial charge in [-0.05, 0) is 56.2 Å². The van der Waals surface area contributed by atoms with Crippen molar-refractivity contribution in [2.75, 3.05) is 46.3 Å². The Morgan fingerprint density at radius 1 is 1.12 bits per heavy atom. The second kappa shape index (κ2) is 9.23. The molecule has 0 aromatic heterocycles. The number of hydrogen-bond donors (Lipinski definition) is 1. The van der Waals surface area contributed by atoms with E-state index >= 15 is 0 Å². The smallest absolute Gasteiger partial charge is 0.193 e. The van der Waals surface area contributed by atoms with E-state index in [9.17, 15) is 0 Å². The van der Waals surface area contributed by atoms with Gasteiger partial charge >= 0.3 is 0 Å². The van der Waals surface area contributed by atoms with Gasteiger partial charge in [-0.25, -0.2) is 0 Å². The average molecular weight is 343 g/mol. The zero-order valence-corrected chi connectivity index (χ0v) is 16.0. The maximum atomic E-state index is 4.55. The standard InChI is InChI=1S/C21H34N4/c1-3-24-12-7-10-20(16-24)15-23-21(22-2)25-13-11-19(17-25)14-18-8-5-4-6-9-18/h4-6,8-9,19-20H,3,7,10-17H2,1-2H3,(H,22,23). The number of benzene rings is 1. The Morgan fingerprint density at radius 3 is 2.72 bits per heavy atom. The molecular formula is C21H34N4. The first-order valence-electron chi connectivity index (χ1n) is 10.00. The Hall–Kier alpha value is -1.55. The molecule has 2 fully saturated rings. The van der Waals surface area contributed by atoms with Crippen LogP contribution in [0.4, 0.5) is 0 Å². The zero-order valence-electron chi connectivity index (χ0n) is 16.0. The van der Waals surface area contributed by atoms with E-state index in [-0.39, 0.29) is 0 Å². The number of nitrogens with zero attached hydrogens (tertiary/aromatic N) is 3. The molecule has 2 atom stereocenters. The second-order valence-corrected chi connectivity index (χ2v) is 7.62. The van der Waals surface area contributed by atoms with Crippen molar-refractivity contribution in [1.29, 1.82) is 0 Å². The first kappa shape index (κ1) is 18.2. The van der Waals surface area contributed by atoms with Gasteiger partial charge in [-0.15, -0.1) is 0 Å². The molecule has 2 unspecified atom stereocenters. The fourth-order valence-corrected chi connectivity index (χ4v) is 4.31. The number of guanidine groups is 1. The lowest BCUT2D eigenvalue weighted by atomic mass is 9.98. The third-order valence-corrected chi connectivity index (χ3v) is 5.76. The molecule has 25 heavy (non-hydrogen) atoms. The average Bonchev–Trinajstić information content (AvgIpc) is 3.11. The molecule has 1 N–H and O–H groups in total. The molecule has 4 heteroatoms. The van der Waals surface area contributed by atoms with Gasteiger partial charge in [-0.2, -0.15) is 0 Å². The molecule has 0 saturated carbocycles. The van der Waals surface area contributed by atoms with Crippen LogP contribution in [0.5, 0.6) is 0 Å². The van der Waals surface area contributed by atoms with Crippen molar-refractivity contribution >= 4 is 5.96 Å². The highest BCUT2D eigenvalue weighted by Gasteiger charge is 2.26. The molecule has 2 heterocycles. The van der Waals surface area contributed by atoms with Gasteiger partial charge in [-0.1, -0.05) is 37.3 Å². The SMILES string of the molecule is CCN1CCCC(CNC(=NC)N2CCC(Cc3ccccc3)C2)C1. The van der Waals surface area contributed by atoms with Crippen molar-refractivity contribution in [3.8, 4) is 0 Å². The predicted molar refractivity (Wildman–Crippen MR) is 106 cm³/mol. The van der Waals surface area contributed by atoms with E-state index in [2.05, 4.69) is 57.4 Å². The fraction of sp³-hybridized carbons (Fsp3) is 0.667. The highest BCUT2D eigenvalue weighted by molar-refractivity contribution is 5.80. The minimum atomic E-state index is 0.742. The highest BCUT2D eigenvalue weighted by atomic mass is 15.3. The predicted octanol–water partition coefficient (Wildman–Crippen LogP) is 2.86. The molecular weight excluding hydrogens is 308 g/mol. The first-order valence-corrected chi connectivity index (χ1v) is 10.00. The van der Waals surface area contributed by atoms with E-state index in [1.54, 1.807) is 0 Å². The topological polar surface area (TPSA) is 30.9 Å². The molecule has 1 aromatic carbocycles. The first-order chi connectivity index (χ1) is 12.3. The largest absolute Gasteiger partial charge is 0.356 e. The van der Waals surface area contributed by atoms with E-state index < -0.39 is 0 Å². The van der Waals surface area contributed by atoms with Crippen molar-refractivity contribution < 1.29 is 0 Å². The van der Waals surface area contributed by atoms with Crippen LogP contribution in [0.2, 0.25) is 0 Å². The summed E-state index contributed by atoms with van der Waals surface area (Å²) in [5, 5.41) is 3.66. The summed E-state index contributed by atoms with van der Waals surface area (Å²) in [5.74, 6) is 2.60. The Labute approximate surface area is 153 Å². The molecule has 0 bridgehead atoms. The van der Waals surface area contributed by atoms with Crippen LogP contribution in [-0.4, -0.2) is 62.1 Å². The maximum absolute atomic E-state index is 4.55. The number of piperidine rings is 1. The van der Waals surface area contributed by atoms with E-state index in [0.717, 1.165) is 37.4 Å². The normalized spacial score (nSPS) is 25.4. The monoisotopic (exact) mass is 342 g/mol. The Bertz CT molecular complexity index is 542. The summed E-state index contributed by atoms with van der Waals surface area (Å²) in [4.78, 5) is 9.58. The van der Waals surface area contributed by atoms with Gasteiger partial charge in [0.15, 0.2) is 5.96 Å². The molecule has 0 aliphatic carbocycles. The van der Waals surface area contributed by atoms with Crippen LogP contribution in [0.1, 0.15) is 31.7 Å². The van der Waals surface area contributed by atoms with Gasteiger partial charge in [0.05, 0.1) is 0 Å². The third kappa shape index (κ3) is 5.21. The van der Waals surface area contributed by atoms with Gasteiger partial charge in [0.25, 0.3) is 0 Å². The van der Waals surface area contributed by atoms with Crippen molar-refractivity contribution in [2.24, 2.45) is 16.8 Å². The molecule has 138 valence electrons. The summed E-state index contributed by atoms with van der Waals surface area (Å²) in [6.45, 7) is 9.27. The molecule has 0 spiro atoms. The molecule has 2 saturated heterocycles. The molecule has 0 amide bonds.